The molecule has 0 bridgehead atoms. The molecule has 0 aromatic heterocycles. The van der Waals surface area contributed by atoms with Crippen molar-refractivity contribution in [3.63, 3.8) is 0 Å². The zero-order chi connectivity index (χ0) is 22.3. The van der Waals surface area contributed by atoms with Gasteiger partial charge in [-0.25, -0.2) is 0 Å². The van der Waals surface area contributed by atoms with Crippen LogP contribution in [0.5, 0.6) is 11.5 Å². The Hall–Kier alpha value is -1.71. The van der Waals surface area contributed by atoms with E-state index >= 15 is 0 Å². The SMILES string of the molecule is CCNC(=NCC(C)(C)c1ccc(OC)c(OC)c1)NC1CCN(C(=O)C(C)C)C1.I. The van der Waals surface area contributed by atoms with Gasteiger partial charge in [0.15, 0.2) is 17.5 Å². The van der Waals surface area contributed by atoms with Gasteiger partial charge in [0.25, 0.3) is 0 Å². The zero-order valence-electron chi connectivity index (χ0n) is 19.9. The van der Waals surface area contributed by atoms with Gasteiger partial charge >= 0.3 is 0 Å². The molecule has 1 aromatic carbocycles. The molecule has 0 spiro atoms. The van der Waals surface area contributed by atoms with Crippen LogP contribution in [0.15, 0.2) is 23.2 Å². The highest BCUT2D eigenvalue weighted by molar-refractivity contribution is 14.0. The van der Waals surface area contributed by atoms with Crippen molar-refractivity contribution in [1.29, 1.82) is 0 Å². The predicted octanol–water partition coefficient (Wildman–Crippen LogP) is 3.41. The Morgan fingerprint density at radius 1 is 1.26 bits per heavy atom. The van der Waals surface area contributed by atoms with E-state index in [9.17, 15) is 4.79 Å². The number of methoxy groups -OCH3 is 2. The monoisotopic (exact) mass is 546 g/mol. The third-order valence-electron chi connectivity index (χ3n) is 5.48. The van der Waals surface area contributed by atoms with Crippen molar-refractivity contribution in [3.8, 4) is 11.5 Å². The Bertz CT molecular complexity index is 752. The highest BCUT2D eigenvalue weighted by Crippen LogP contribution is 2.33. The lowest BCUT2D eigenvalue weighted by Crippen LogP contribution is -2.45. The first-order chi connectivity index (χ1) is 14.2. The maximum Gasteiger partial charge on any atom is 0.225 e. The fourth-order valence-electron chi connectivity index (χ4n) is 3.58. The molecule has 0 radical (unpaired) electrons. The van der Waals surface area contributed by atoms with Gasteiger partial charge in [-0.2, -0.15) is 0 Å². The molecule has 2 N–H and O–H groups in total. The number of halogens is 1. The first kappa shape index (κ1) is 27.3. The van der Waals surface area contributed by atoms with Gasteiger partial charge in [0, 0.05) is 37.0 Å². The summed E-state index contributed by atoms with van der Waals surface area (Å²) < 4.78 is 10.8. The number of nitrogens with zero attached hydrogens (tertiary/aromatic N) is 2. The standard InChI is InChI=1S/C23H38N4O3.HI/c1-8-24-22(26-18-11-12-27(14-18)21(28)16(2)3)25-15-23(4,5)17-9-10-19(29-6)20(13-17)30-7;/h9-10,13,16,18H,8,11-12,14-15H2,1-7H3,(H2,24,25,26);1H. The highest BCUT2D eigenvalue weighted by atomic mass is 127. The number of amides is 1. The molecule has 1 aliphatic rings. The Balaban J connectivity index is 0.00000480. The predicted molar refractivity (Wildman–Crippen MR) is 137 cm³/mol. The Morgan fingerprint density at radius 3 is 2.52 bits per heavy atom. The van der Waals surface area contributed by atoms with Crippen LogP contribution in [0.25, 0.3) is 0 Å². The van der Waals surface area contributed by atoms with Crippen LogP contribution in [0, 0.1) is 5.92 Å². The van der Waals surface area contributed by atoms with Gasteiger partial charge in [-0.05, 0) is 31.0 Å². The van der Waals surface area contributed by atoms with E-state index in [-0.39, 0.29) is 47.3 Å². The topological polar surface area (TPSA) is 75.2 Å². The molecular formula is C23H39IN4O3. The molecule has 1 saturated heterocycles. The number of hydrogen-bond acceptors (Lipinski definition) is 4. The van der Waals surface area contributed by atoms with Crippen molar-refractivity contribution < 1.29 is 14.3 Å². The fraction of sp³-hybridized carbons (Fsp3) is 0.652. The van der Waals surface area contributed by atoms with E-state index in [4.69, 9.17) is 14.5 Å². The molecule has 2 rings (SSSR count). The third-order valence-corrected chi connectivity index (χ3v) is 5.48. The van der Waals surface area contributed by atoms with Crippen LogP contribution >= 0.6 is 24.0 Å². The summed E-state index contributed by atoms with van der Waals surface area (Å²) in [6, 6.07) is 6.22. The molecule has 0 aliphatic carbocycles. The second-order valence-corrected chi connectivity index (χ2v) is 8.72. The highest BCUT2D eigenvalue weighted by Gasteiger charge is 2.28. The van der Waals surface area contributed by atoms with Gasteiger partial charge in [-0.1, -0.05) is 33.8 Å². The quantitative estimate of drug-likeness (QED) is 0.297. The van der Waals surface area contributed by atoms with Crippen molar-refractivity contribution >= 4 is 35.8 Å². The van der Waals surface area contributed by atoms with E-state index in [2.05, 4.69) is 37.5 Å². The van der Waals surface area contributed by atoms with E-state index < -0.39 is 0 Å². The molecule has 1 atom stereocenters. The summed E-state index contributed by atoms with van der Waals surface area (Å²) >= 11 is 0. The molecule has 0 saturated carbocycles. The van der Waals surface area contributed by atoms with Crippen molar-refractivity contribution in [3.05, 3.63) is 23.8 Å². The van der Waals surface area contributed by atoms with Crippen LogP contribution in [0.2, 0.25) is 0 Å². The van der Waals surface area contributed by atoms with Gasteiger partial charge in [-0.3, -0.25) is 9.79 Å². The number of guanidine groups is 1. The molecule has 1 aliphatic heterocycles. The maximum absolute atomic E-state index is 12.2. The van der Waals surface area contributed by atoms with Crippen molar-refractivity contribution in [2.24, 2.45) is 10.9 Å². The smallest absolute Gasteiger partial charge is 0.225 e. The molecule has 1 unspecified atom stereocenters. The fourth-order valence-corrected chi connectivity index (χ4v) is 3.58. The van der Waals surface area contributed by atoms with E-state index in [0.717, 1.165) is 49.1 Å². The lowest BCUT2D eigenvalue weighted by molar-refractivity contribution is -0.133. The van der Waals surface area contributed by atoms with E-state index in [1.54, 1.807) is 14.2 Å². The van der Waals surface area contributed by atoms with Crippen LogP contribution in [0.1, 0.15) is 46.6 Å². The zero-order valence-corrected chi connectivity index (χ0v) is 22.3. The summed E-state index contributed by atoms with van der Waals surface area (Å²) in [5.74, 6) is 2.48. The molecule has 7 nitrogen and oxygen atoms in total. The molecule has 1 heterocycles. The molecular weight excluding hydrogens is 507 g/mol. The van der Waals surface area contributed by atoms with Gasteiger partial charge in [0.2, 0.25) is 5.91 Å². The summed E-state index contributed by atoms with van der Waals surface area (Å²) in [5.41, 5.74) is 0.950. The molecule has 8 heteroatoms. The lowest BCUT2D eigenvalue weighted by atomic mass is 9.84. The minimum Gasteiger partial charge on any atom is -0.493 e. The first-order valence-electron chi connectivity index (χ1n) is 10.8. The van der Waals surface area contributed by atoms with E-state index in [0.29, 0.717) is 6.54 Å². The first-order valence-corrected chi connectivity index (χ1v) is 10.8. The molecule has 1 fully saturated rings. The summed E-state index contributed by atoms with van der Waals surface area (Å²) in [7, 11) is 3.29. The summed E-state index contributed by atoms with van der Waals surface area (Å²) in [4.78, 5) is 19.0. The molecule has 1 aromatic rings. The number of ether oxygens (including phenoxy) is 2. The lowest BCUT2D eigenvalue weighted by Gasteiger charge is -2.25. The average Bonchev–Trinajstić information content (AvgIpc) is 3.19. The number of hydrogen-bond donors (Lipinski definition) is 2. The molecule has 176 valence electrons. The van der Waals surface area contributed by atoms with Gasteiger partial charge in [0.05, 0.1) is 20.8 Å². The van der Waals surface area contributed by atoms with Crippen molar-refractivity contribution in [2.75, 3.05) is 40.4 Å². The van der Waals surface area contributed by atoms with E-state index in [1.807, 2.05) is 30.9 Å². The number of carbonyl (C=O) groups is 1. The van der Waals surface area contributed by atoms with Gasteiger partial charge in [-0.15, -0.1) is 24.0 Å². The largest absolute Gasteiger partial charge is 0.493 e. The number of likely N-dealkylation sites (tertiary alicyclic amines) is 1. The number of aliphatic imine (C=N–C) groups is 1. The minimum absolute atomic E-state index is 0. The number of rotatable bonds is 8. The van der Waals surface area contributed by atoms with Gasteiger partial charge in [0.1, 0.15) is 0 Å². The van der Waals surface area contributed by atoms with Crippen LogP contribution in [-0.2, 0) is 10.2 Å². The number of benzene rings is 1. The second kappa shape index (κ2) is 12.4. The number of carbonyl (C=O) groups excluding carboxylic acids is 1. The van der Waals surface area contributed by atoms with Crippen LogP contribution in [0.4, 0.5) is 0 Å². The summed E-state index contributed by atoms with van der Waals surface area (Å²) in [5, 5.41) is 6.84. The normalized spacial score (nSPS) is 16.7. The van der Waals surface area contributed by atoms with E-state index in [1.165, 1.54) is 0 Å². The van der Waals surface area contributed by atoms with Gasteiger partial charge < -0.3 is 25.0 Å². The second-order valence-electron chi connectivity index (χ2n) is 8.72. The number of nitrogens with one attached hydrogen (secondary N) is 2. The Morgan fingerprint density at radius 2 is 1.94 bits per heavy atom. The van der Waals surface area contributed by atoms with Crippen LogP contribution in [-0.4, -0.2) is 63.2 Å². The molecule has 31 heavy (non-hydrogen) atoms. The Kier molecular flexibility index (Phi) is 10.9. The van der Waals surface area contributed by atoms with Crippen molar-refractivity contribution in [1.82, 2.24) is 15.5 Å². The summed E-state index contributed by atoms with van der Waals surface area (Å²) in [6.07, 6.45) is 0.932. The third kappa shape index (κ3) is 7.43. The van der Waals surface area contributed by atoms with Crippen molar-refractivity contribution in [2.45, 2.75) is 52.5 Å². The average molecular weight is 546 g/mol. The summed E-state index contributed by atoms with van der Waals surface area (Å²) in [6.45, 7) is 13.2. The van der Waals surface area contributed by atoms with Crippen LogP contribution < -0.4 is 20.1 Å². The Labute approximate surface area is 204 Å². The minimum atomic E-state index is -0.183. The molecule has 1 amide bonds. The maximum atomic E-state index is 12.2. The van der Waals surface area contributed by atoms with Crippen LogP contribution in [0.3, 0.4) is 0 Å².